The number of rotatable bonds is 2. The van der Waals surface area contributed by atoms with E-state index in [1.807, 2.05) is 28.5 Å². The van der Waals surface area contributed by atoms with Crippen molar-refractivity contribution in [2.75, 3.05) is 26.7 Å². The SMILES string of the molecule is C[C@H]1CN(C)CCN1C(=O)c1csc(-c2ccccn2)n1. The summed E-state index contributed by atoms with van der Waals surface area (Å²) in [5.41, 5.74) is 1.34. The number of aromatic nitrogens is 2. The van der Waals surface area contributed by atoms with E-state index >= 15 is 0 Å². The molecule has 0 aromatic carbocycles. The summed E-state index contributed by atoms with van der Waals surface area (Å²) >= 11 is 1.47. The van der Waals surface area contributed by atoms with Crippen LogP contribution in [0.5, 0.6) is 0 Å². The largest absolute Gasteiger partial charge is 0.332 e. The van der Waals surface area contributed by atoms with Crippen LogP contribution in [0.3, 0.4) is 0 Å². The Morgan fingerprint density at radius 3 is 2.95 bits per heavy atom. The number of hydrogen-bond acceptors (Lipinski definition) is 5. The van der Waals surface area contributed by atoms with Gasteiger partial charge in [-0.15, -0.1) is 11.3 Å². The maximum absolute atomic E-state index is 12.6. The quantitative estimate of drug-likeness (QED) is 0.851. The predicted molar refractivity (Wildman–Crippen MR) is 83.3 cm³/mol. The van der Waals surface area contributed by atoms with E-state index in [0.717, 1.165) is 30.3 Å². The van der Waals surface area contributed by atoms with Gasteiger partial charge in [-0.05, 0) is 26.1 Å². The highest BCUT2D eigenvalue weighted by Gasteiger charge is 2.28. The van der Waals surface area contributed by atoms with Crippen LogP contribution >= 0.6 is 11.3 Å². The molecule has 1 fully saturated rings. The van der Waals surface area contributed by atoms with Gasteiger partial charge in [-0.3, -0.25) is 9.78 Å². The molecule has 2 aromatic heterocycles. The minimum absolute atomic E-state index is 0.0223. The zero-order valence-corrected chi connectivity index (χ0v) is 13.0. The van der Waals surface area contributed by atoms with Gasteiger partial charge in [-0.2, -0.15) is 0 Å². The smallest absolute Gasteiger partial charge is 0.273 e. The van der Waals surface area contributed by atoms with Crippen molar-refractivity contribution in [1.82, 2.24) is 19.8 Å². The zero-order valence-electron chi connectivity index (χ0n) is 12.2. The normalized spacial score (nSPS) is 19.7. The molecule has 2 aromatic rings. The van der Waals surface area contributed by atoms with Crippen LogP contribution in [0.4, 0.5) is 0 Å². The molecular weight excluding hydrogens is 284 g/mol. The van der Waals surface area contributed by atoms with E-state index in [1.165, 1.54) is 11.3 Å². The predicted octanol–water partition coefficient (Wildman–Crippen LogP) is 1.98. The molecule has 1 amide bonds. The first-order valence-corrected chi connectivity index (χ1v) is 7.89. The van der Waals surface area contributed by atoms with Crippen molar-refractivity contribution < 1.29 is 4.79 Å². The number of nitrogens with zero attached hydrogens (tertiary/aromatic N) is 4. The Hall–Kier alpha value is -1.79. The Morgan fingerprint density at radius 1 is 1.38 bits per heavy atom. The second-order valence-corrected chi connectivity index (χ2v) is 6.22. The summed E-state index contributed by atoms with van der Waals surface area (Å²) in [5.74, 6) is 0.0223. The summed E-state index contributed by atoms with van der Waals surface area (Å²) in [6, 6.07) is 5.92. The van der Waals surface area contributed by atoms with E-state index in [0.29, 0.717) is 5.69 Å². The third kappa shape index (κ3) is 2.96. The minimum Gasteiger partial charge on any atom is -0.332 e. The van der Waals surface area contributed by atoms with Crippen LogP contribution in [0.2, 0.25) is 0 Å². The molecule has 0 N–H and O–H groups in total. The Kier molecular flexibility index (Phi) is 3.98. The molecule has 0 spiro atoms. The molecule has 5 nitrogen and oxygen atoms in total. The van der Waals surface area contributed by atoms with Crippen molar-refractivity contribution in [3.05, 3.63) is 35.5 Å². The maximum Gasteiger partial charge on any atom is 0.273 e. The Labute approximate surface area is 128 Å². The fourth-order valence-electron chi connectivity index (χ4n) is 2.57. The van der Waals surface area contributed by atoms with Crippen LogP contribution in [-0.4, -0.2) is 58.4 Å². The second-order valence-electron chi connectivity index (χ2n) is 5.36. The number of hydrogen-bond donors (Lipinski definition) is 0. The van der Waals surface area contributed by atoms with Gasteiger partial charge in [0.05, 0.1) is 5.69 Å². The molecule has 6 heteroatoms. The molecule has 0 saturated carbocycles. The van der Waals surface area contributed by atoms with Crippen LogP contribution in [0.15, 0.2) is 29.8 Å². The van der Waals surface area contributed by atoms with Crippen LogP contribution in [0.1, 0.15) is 17.4 Å². The molecule has 0 bridgehead atoms. The van der Waals surface area contributed by atoms with Gasteiger partial charge in [-0.1, -0.05) is 6.07 Å². The molecule has 1 saturated heterocycles. The molecule has 3 rings (SSSR count). The number of carbonyl (C=O) groups is 1. The van der Waals surface area contributed by atoms with Crippen molar-refractivity contribution in [2.45, 2.75) is 13.0 Å². The van der Waals surface area contributed by atoms with Crippen molar-refractivity contribution in [1.29, 1.82) is 0 Å². The second kappa shape index (κ2) is 5.91. The molecule has 1 atom stereocenters. The van der Waals surface area contributed by atoms with Gasteiger partial charge in [0.1, 0.15) is 10.7 Å². The fourth-order valence-corrected chi connectivity index (χ4v) is 3.34. The van der Waals surface area contributed by atoms with E-state index in [-0.39, 0.29) is 11.9 Å². The van der Waals surface area contributed by atoms with Gasteiger partial charge in [-0.25, -0.2) is 4.98 Å². The van der Waals surface area contributed by atoms with E-state index in [4.69, 9.17) is 0 Å². The molecule has 21 heavy (non-hydrogen) atoms. The molecule has 110 valence electrons. The number of pyridine rings is 1. The van der Waals surface area contributed by atoms with E-state index < -0.39 is 0 Å². The standard InChI is InChI=1S/C15H18N4OS/c1-11-9-18(2)7-8-19(11)15(20)13-10-21-14(17-13)12-5-3-4-6-16-12/h3-6,10-11H,7-9H2,1-2H3/t11-/m0/s1. The van der Waals surface area contributed by atoms with Crippen LogP contribution in [0, 0.1) is 0 Å². The number of amides is 1. The van der Waals surface area contributed by atoms with Gasteiger partial charge in [0.15, 0.2) is 0 Å². The molecule has 1 aliphatic heterocycles. The van der Waals surface area contributed by atoms with Gasteiger partial charge < -0.3 is 9.80 Å². The molecule has 3 heterocycles. The Morgan fingerprint density at radius 2 is 2.24 bits per heavy atom. The fraction of sp³-hybridized carbons (Fsp3) is 0.400. The van der Waals surface area contributed by atoms with Crippen LogP contribution in [-0.2, 0) is 0 Å². The lowest BCUT2D eigenvalue weighted by Crippen LogP contribution is -2.52. The topological polar surface area (TPSA) is 49.3 Å². The Bertz CT molecular complexity index is 628. The molecule has 1 aliphatic rings. The highest BCUT2D eigenvalue weighted by molar-refractivity contribution is 7.13. The third-order valence-corrected chi connectivity index (χ3v) is 4.56. The lowest BCUT2D eigenvalue weighted by molar-refractivity contribution is 0.0528. The summed E-state index contributed by atoms with van der Waals surface area (Å²) < 4.78 is 0. The zero-order chi connectivity index (χ0) is 14.8. The first-order chi connectivity index (χ1) is 10.1. The molecule has 0 aliphatic carbocycles. The van der Waals surface area contributed by atoms with Gasteiger partial charge >= 0.3 is 0 Å². The van der Waals surface area contributed by atoms with Gasteiger partial charge in [0.2, 0.25) is 0 Å². The average Bonchev–Trinajstić information content (AvgIpc) is 2.97. The van der Waals surface area contributed by atoms with Crippen molar-refractivity contribution in [3.63, 3.8) is 0 Å². The molecule has 0 unspecified atom stereocenters. The summed E-state index contributed by atoms with van der Waals surface area (Å²) in [5, 5.41) is 2.62. The van der Waals surface area contributed by atoms with Crippen molar-refractivity contribution >= 4 is 17.2 Å². The van der Waals surface area contributed by atoms with E-state index in [2.05, 4.69) is 28.8 Å². The lowest BCUT2D eigenvalue weighted by atomic mass is 10.2. The van der Waals surface area contributed by atoms with Gasteiger partial charge in [0.25, 0.3) is 5.91 Å². The highest BCUT2D eigenvalue weighted by atomic mass is 32.1. The van der Waals surface area contributed by atoms with E-state index in [1.54, 1.807) is 6.20 Å². The van der Waals surface area contributed by atoms with Crippen molar-refractivity contribution in [2.24, 2.45) is 0 Å². The summed E-state index contributed by atoms with van der Waals surface area (Å²) in [6.07, 6.45) is 1.74. The summed E-state index contributed by atoms with van der Waals surface area (Å²) in [7, 11) is 2.08. The third-order valence-electron chi connectivity index (χ3n) is 3.70. The Balaban J connectivity index is 1.78. The average molecular weight is 302 g/mol. The first-order valence-electron chi connectivity index (χ1n) is 7.01. The number of likely N-dealkylation sites (N-methyl/N-ethyl adjacent to an activating group) is 1. The lowest BCUT2D eigenvalue weighted by Gasteiger charge is -2.37. The molecular formula is C15H18N4OS. The maximum atomic E-state index is 12.6. The summed E-state index contributed by atoms with van der Waals surface area (Å²) in [4.78, 5) is 25.5. The number of piperazine rings is 1. The van der Waals surface area contributed by atoms with Crippen molar-refractivity contribution in [3.8, 4) is 10.7 Å². The van der Waals surface area contributed by atoms with Crippen LogP contribution < -0.4 is 0 Å². The first kappa shape index (κ1) is 14.2. The van der Waals surface area contributed by atoms with Crippen LogP contribution in [0.25, 0.3) is 10.7 Å². The number of carbonyl (C=O) groups excluding carboxylic acids is 1. The monoisotopic (exact) mass is 302 g/mol. The number of thiazole rings is 1. The van der Waals surface area contributed by atoms with Gasteiger partial charge in [0, 0.05) is 37.3 Å². The minimum atomic E-state index is 0.0223. The van der Waals surface area contributed by atoms with E-state index in [9.17, 15) is 4.79 Å². The molecule has 0 radical (unpaired) electrons. The summed E-state index contributed by atoms with van der Waals surface area (Å²) in [6.45, 7) is 4.66. The highest BCUT2D eigenvalue weighted by Crippen LogP contribution is 2.23.